The van der Waals surface area contributed by atoms with Crippen LogP contribution < -0.4 is 5.32 Å². The summed E-state index contributed by atoms with van der Waals surface area (Å²) in [5, 5.41) is 3.06. The van der Waals surface area contributed by atoms with E-state index < -0.39 is 0 Å². The zero-order valence-electron chi connectivity index (χ0n) is 17.2. The molecule has 1 aliphatic heterocycles. The molecule has 1 N–H and O–H groups in total. The fourth-order valence-corrected chi connectivity index (χ4v) is 5.53. The van der Waals surface area contributed by atoms with Gasteiger partial charge < -0.3 is 10.2 Å². The Bertz CT molecular complexity index is 719. The number of benzene rings is 1. The Morgan fingerprint density at radius 1 is 1.04 bits per heavy atom. The van der Waals surface area contributed by atoms with Crippen LogP contribution in [-0.4, -0.2) is 54.3 Å². The second-order valence-electron chi connectivity index (χ2n) is 9.11. The quantitative estimate of drug-likeness (QED) is 0.849. The van der Waals surface area contributed by atoms with Gasteiger partial charge in [0.05, 0.1) is 6.54 Å². The molecule has 152 valence electrons. The third-order valence-electron chi connectivity index (χ3n) is 7.16. The Morgan fingerprint density at radius 2 is 1.75 bits per heavy atom. The zero-order chi connectivity index (χ0) is 19.7. The first kappa shape index (κ1) is 19.4. The van der Waals surface area contributed by atoms with Crippen LogP contribution in [0.2, 0.25) is 0 Å². The number of fused-ring (bicyclic) bond motifs is 2. The van der Waals surface area contributed by atoms with Gasteiger partial charge in [0, 0.05) is 38.3 Å². The molecular formula is C23H33N3O2. The molecule has 1 saturated heterocycles. The number of nitrogens with zero attached hydrogens (tertiary/aromatic N) is 2. The molecule has 1 aromatic rings. The fourth-order valence-electron chi connectivity index (χ4n) is 5.53. The summed E-state index contributed by atoms with van der Waals surface area (Å²) in [6.07, 6.45) is 6.11. The van der Waals surface area contributed by atoms with Crippen molar-refractivity contribution in [3.05, 3.63) is 29.3 Å². The van der Waals surface area contributed by atoms with Crippen LogP contribution in [0.4, 0.5) is 5.69 Å². The lowest BCUT2D eigenvalue weighted by Crippen LogP contribution is -2.50. The summed E-state index contributed by atoms with van der Waals surface area (Å²) in [6, 6.07) is 6.04. The standard InChI is InChI=1S/C23H33N3O2/c1-16-4-3-5-17(2)23(16)24-21(27)15-25-8-10-26(11-9-25)22(28)14-20-13-18-6-7-19(20)12-18/h3-5,18-20H,6-15H2,1-2H3,(H,24,27)/t18-,19-,20-/m1/s1. The van der Waals surface area contributed by atoms with Gasteiger partial charge >= 0.3 is 0 Å². The van der Waals surface area contributed by atoms with E-state index in [1.165, 1.54) is 25.7 Å². The predicted molar refractivity (Wildman–Crippen MR) is 111 cm³/mol. The van der Waals surface area contributed by atoms with Gasteiger partial charge in [-0.1, -0.05) is 24.6 Å². The largest absolute Gasteiger partial charge is 0.340 e. The summed E-state index contributed by atoms with van der Waals surface area (Å²) in [4.78, 5) is 29.4. The number of hydrogen-bond acceptors (Lipinski definition) is 3. The lowest BCUT2D eigenvalue weighted by atomic mass is 9.86. The van der Waals surface area contributed by atoms with E-state index >= 15 is 0 Å². The number of para-hydroxylation sites is 1. The molecule has 2 bridgehead atoms. The number of hydrogen-bond donors (Lipinski definition) is 1. The molecule has 2 saturated carbocycles. The fraction of sp³-hybridized carbons (Fsp3) is 0.652. The number of amides is 2. The molecule has 3 atom stereocenters. The van der Waals surface area contributed by atoms with Crippen LogP contribution in [0.1, 0.15) is 43.2 Å². The molecule has 28 heavy (non-hydrogen) atoms. The second kappa shape index (κ2) is 8.24. The van der Waals surface area contributed by atoms with Crippen LogP contribution in [0.5, 0.6) is 0 Å². The third-order valence-corrected chi connectivity index (χ3v) is 7.16. The van der Waals surface area contributed by atoms with E-state index in [9.17, 15) is 9.59 Å². The summed E-state index contributed by atoms with van der Waals surface area (Å²) in [5.41, 5.74) is 3.10. The van der Waals surface area contributed by atoms with E-state index in [1.54, 1.807) is 0 Å². The van der Waals surface area contributed by atoms with E-state index in [0.717, 1.165) is 61.2 Å². The van der Waals surface area contributed by atoms with Crippen LogP contribution >= 0.6 is 0 Å². The number of nitrogens with one attached hydrogen (secondary N) is 1. The van der Waals surface area contributed by atoms with Crippen molar-refractivity contribution in [3.8, 4) is 0 Å². The molecule has 3 aliphatic rings. The Morgan fingerprint density at radius 3 is 2.36 bits per heavy atom. The molecule has 4 rings (SSSR count). The molecule has 5 heteroatoms. The number of anilines is 1. The molecule has 1 aromatic carbocycles. The monoisotopic (exact) mass is 383 g/mol. The van der Waals surface area contributed by atoms with Gasteiger partial charge in [-0.25, -0.2) is 0 Å². The predicted octanol–water partition coefficient (Wildman–Crippen LogP) is 3.21. The lowest BCUT2D eigenvalue weighted by molar-refractivity contribution is -0.134. The number of aryl methyl sites for hydroxylation is 2. The summed E-state index contributed by atoms with van der Waals surface area (Å²) in [6.45, 7) is 7.48. The summed E-state index contributed by atoms with van der Waals surface area (Å²) in [7, 11) is 0. The minimum Gasteiger partial charge on any atom is -0.340 e. The highest BCUT2D eigenvalue weighted by Gasteiger charge is 2.40. The van der Waals surface area contributed by atoms with Crippen molar-refractivity contribution in [1.82, 2.24) is 9.80 Å². The van der Waals surface area contributed by atoms with Crippen molar-refractivity contribution in [2.45, 2.75) is 46.0 Å². The van der Waals surface area contributed by atoms with Gasteiger partial charge in [-0.15, -0.1) is 0 Å². The van der Waals surface area contributed by atoms with Crippen molar-refractivity contribution >= 4 is 17.5 Å². The molecule has 3 fully saturated rings. The van der Waals surface area contributed by atoms with Crippen molar-refractivity contribution in [2.75, 3.05) is 38.0 Å². The topological polar surface area (TPSA) is 52.7 Å². The normalized spacial score (nSPS) is 27.2. The first-order chi connectivity index (χ1) is 13.5. The Hall–Kier alpha value is -1.88. The Labute approximate surface area is 168 Å². The van der Waals surface area contributed by atoms with Crippen molar-refractivity contribution in [3.63, 3.8) is 0 Å². The SMILES string of the molecule is Cc1cccc(C)c1NC(=O)CN1CCN(C(=O)C[C@H]2C[C@@H]3CC[C@@H]2C3)CC1. The number of rotatable bonds is 5. The van der Waals surface area contributed by atoms with Gasteiger partial charge in [-0.2, -0.15) is 0 Å². The van der Waals surface area contributed by atoms with E-state index in [2.05, 4.69) is 10.2 Å². The van der Waals surface area contributed by atoms with Crippen LogP contribution in [0.15, 0.2) is 18.2 Å². The summed E-state index contributed by atoms with van der Waals surface area (Å²) >= 11 is 0. The van der Waals surface area contributed by atoms with Crippen molar-refractivity contribution in [2.24, 2.45) is 17.8 Å². The van der Waals surface area contributed by atoms with E-state index in [-0.39, 0.29) is 5.91 Å². The van der Waals surface area contributed by atoms with Crippen molar-refractivity contribution < 1.29 is 9.59 Å². The zero-order valence-corrected chi connectivity index (χ0v) is 17.2. The Balaban J connectivity index is 1.22. The minimum absolute atomic E-state index is 0.0270. The second-order valence-corrected chi connectivity index (χ2v) is 9.11. The van der Waals surface area contributed by atoms with Crippen LogP contribution in [0.25, 0.3) is 0 Å². The van der Waals surface area contributed by atoms with Gasteiger partial charge in [0.1, 0.15) is 0 Å². The minimum atomic E-state index is 0.0270. The maximum atomic E-state index is 12.7. The van der Waals surface area contributed by atoms with Gasteiger partial charge in [0.2, 0.25) is 11.8 Å². The average Bonchev–Trinajstić information content (AvgIpc) is 3.28. The van der Waals surface area contributed by atoms with Crippen LogP contribution in [0, 0.1) is 31.6 Å². The smallest absolute Gasteiger partial charge is 0.238 e. The highest BCUT2D eigenvalue weighted by Crippen LogP contribution is 2.49. The molecule has 5 nitrogen and oxygen atoms in total. The van der Waals surface area contributed by atoms with Crippen LogP contribution in [-0.2, 0) is 9.59 Å². The van der Waals surface area contributed by atoms with Gasteiger partial charge in [0.25, 0.3) is 0 Å². The van der Waals surface area contributed by atoms with E-state index in [1.807, 2.05) is 36.9 Å². The molecule has 2 amide bonds. The highest BCUT2D eigenvalue weighted by atomic mass is 16.2. The molecule has 2 aliphatic carbocycles. The number of piperazine rings is 1. The highest BCUT2D eigenvalue weighted by molar-refractivity contribution is 5.93. The maximum Gasteiger partial charge on any atom is 0.238 e. The summed E-state index contributed by atoms with van der Waals surface area (Å²) < 4.78 is 0. The van der Waals surface area contributed by atoms with Gasteiger partial charge in [-0.05, 0) is 62.0 Å². The van der Waals surface area contributed by atoms with Crippen molar-refractivity contribution in [1.29, 1.82) is 0 Å². The molecule has 0 unspecified atom stereocenters. The molecule has 0 aromatic heterocycles. The average molecular weight is 384 g/mol. The van der Waals surface area contributed by atoms with E-state index in [0.29, 0.717) is 18.4 Å². The lowest BCUT2D eigenvalue weighted by Gasteiger charge is -2.35. The first-order valence-electron chi connectivity index (χ1n) is 10.9. The van der Waals surface area contributed by atoms with Crippen LogP contribution in [0.3, 0.4) is 0 Å². The molecular weight excluding hydrogens is 350 g/mol. The number of carbonyl (C=O) groups excluding carboxylic acids is 2. The van der Waals surface area contributed by atoms with Gasteiger partial charge in [0.15, 0.2) is 0 Å². The Kier molecular flexibility index (Phi) is 5.72. The maximum absolute atomic E-state index is 12.7. The third kappa shape index (κ3) is 4.24. The number of carbonyl (C=O) groups is 2. The molecule has 0 radical (unpaired) electrons. The summed E-state index contributed by atoms with van der Waals surface area (Å²) in [5.74, 6) is 2.70. The molecule has 0 spiro atoms. The van der Waals surface area contributed by atoms with E-state index in [4.69, 9.17) is 0 Å². The molecule has 1 heterocycles. The first-order valence-corrected chi connectivity index (χ1v) is 10.9. The van der Waals surface area contributed by atoms with Gasteiger partial charge in [-0.3, -0.25) is 14.5 Å².